The van der Waals surface area contributed by atoms with E-state index in [-0.39, 0.29) is 0 Å². The minimum atomic E-state index is -4.86. The van der Waals surface area contributed by atoms with Crippen LogP contribution in [0.5, 0.6) is 5.75 Å². The van der Waals surface area contributed by atoms with E-state index in [1.807, 2.05) is 0 Å². The molecule has 24 heavy (non-hydrogen) atoms. The molecule has 0 amide bonds. The fraction of sp³-hybridized carbons (Fsp3) is 0.143. The molecule has 4 nitrogen and oxygen atoms in total. The normalized spacial score (nSPS) is 13.0. The first kappa shape index (κ1) is 18.1. The van der Waals surface area contributed by atoms with E-state index < -0.39 is 56.0 Å². The average molecular weight is 368 g/mol. The lowest BCUT2D eigenvalue weighted by Gasteiger charge is -2.11. The summed E-state index contributed by atoms with van der Waals surface area (Å²) >= 11 is 0. The number of hydrogen-bond donors (Lipinski definition) is 1. The molecule has 0 bridgehead atoms. The molecular formula is C14H9F5O4S. The zero-order valence-electron chi connectivity index (χ0n) is 11.9. The Kier molecular flexibility index (Phi) is 4.81. The number of aliphatic hydroxyl groups excluding tert-OH is 1. The molecular weight excluding hydrogens is 359 g/mol. The van der Waals surface area contributed by atoms with Crippen molar-refractivity contribution in [2.24, 2.45) is 0 Å². The van der Waals surface area contributed by atoms with Gasteiger partial charge in [-0.1, -0.05) is 12.1 Å². The zero-order valence-corrected chi connectivity index (χ0v) is 12.7. The molecule has 2 rings (SSSR count). The largest absolute Gasteiger partial charge is 0.389 e. The van der Waals surface area contributed by atoms with E-state index in [9.17, 15) is 35.5 Å². The molecule has 0 aromatic heterocycles. The van der Waals surface area contributed by atoms with Crippen LogP contribution in [0.3, 0.4) is 0 Å². The maximum atomic E-state index is 13.5. The molecule has 0 aliphatic carbocycles. The molecule has 2 aromatic carbocycles. The summed E-state index contributed by atoms with van der Waals surface area (Å²) in [5, 5.41) is 9.31. The van der Waals surface area contributed by atoms with Crippen LogP contribution in [0, 0.1) is 29.1 Å². The third-order valence-electron chi connectivity index (χ3n) is 3.01. The van der Waals surface area contributed by atoms with Gasteiger partial charge < -0.3 is 9.29 Å². The van der Waals surface area contributed by atoms with Crippen LogP contribution in [0.2, 0.25) is 0 Å². The Morgan fingerprint density at radius 1 is 0.875 bits per heavy atom. The van der Waals surface area contributed by atoms with Crippen LogP contribution in [0.4, 0.5) is 22.0 Å². The van der Waals surface area contributed by atoms with Crippen molar-refractivity contribution in [3.63, 3.8) is 0 Å². The van der Waals surface area contributed by atoms with Gasteiger partial charge >= 0.3 is 10.1 Å². The minimum absolute atomic E-state index is 0.338. The molecule has 0 radical (unpaired) electrons. The van der Waals surface area contributed by atoms with Gasteiger partial charge in [0.05, 0.1) is 6.10 Å². The van der Waals surface area contributed by atoms with Crippen LogP contribution in [-0.4, -0.2) is 13.5 Å². The van der Waals surface area contributed by atoms with E-state index in [2.05, 4.69) is 4.18 Å². The number of rotatable bonds is 4. The predicted octanol–water partition coefficient (Wildman–Crippen LogP) is 3.20. The second kappa shape index (κ2) is 6.36. The van der Waals surface area contributed by atoms with E-state index in [0.717, 1.165) is 12.1 Å². The van der Waals surface area contributed by atoms with Gasteiger partial charge in [-0.3, -0.25) is 0 Å². The highest BCUT2D eigenvalue weighted by Gasteiger charge is 2.30. The second-order valence-corrected chi connectivity index (χ2v) is 6.23. The fourth-order valence-corrected chi connectivity index (χ4v) is 2.66. The Morgan fingerprint density at radius 2 is 1.29 bits per heavy atom. The summed E-state index contributed by atoms with van der Waals surface area (Å²) in [6, 6.07) is 4.28. The molecule has 0 fully saturated rings. The first-order valence-corrected chi connectivity index (χ1v) is 7.71. The highest BCUT2D eigenvalue weighted by Crippen LogP contribution is 2.31. The Bertz CT molecular complexity index is 850. The molecule has 1 unspecified atom stereocenters. The fourth-order valence-electron chi connectivity index (χ4n) is 1.73. The SMILES string of the molecule is CC(O)c1ccc(S(=O)(=O)Oc2c(F)c(F)c(F)c(F)c2F)cc1. The summed E-state index contributed by atoms with van der Waals surface area (Å²) in [6.45, 7) is 1.41. The quantitative estimate of drug-likeness (QED) is 0.390. The third kappa shape index (κ3) is 3.20. The Balaban J connectivity index is 2.47. The summed E-state index contributed by atoms with van der Waals surface area (Å²) in [7, 11) is -4.86. The molecule has 0 saturated heterocycles. The summed E-state index contributed by atoms with van der Waals surface area (Å²) in [6.07, 6.45) is -0.905. The van der Waals surface area contributed by atoms with Gasteiger partial charge in [-0.2, -0.15) is 17.2 Å². The van der Waals surface area contributed by atoms with Crippen molar-refractivity contribution in [3.8, 4) is 5.75 Å². The van der Waals surface area contributed by atoms with E-state index >= 15 is 0 Å². The molecule has 1 atom stereocenters. The van der Waals surface area contributed by atoms with Crippen molar-refractivity contribution in [2.45, 2.75) is 17.9 Å². The highest BCUT2D eigenvalue weighted by atomic mass is 32.2. The first-order valence-electron chi connectivity index (χ1n) is 6.30. The van der Waals surface area contributed by atoms with E-state index in [4.69, 9.17) is 0 Å². The molecule has 10 heteroatoms. The molecule has 2 aromatic rings. The van der Waals surface area contributed by atoms with Crippen LogP contribution in [0.15, 0.2) is 29.2 Å². The summed E-state index contributed by atoms with van der Waals surface area (Å²) < 4.78 is 93.9. The second-order valence-electron chi connectivity index (χ2n) is 4.68. The molecule has 0 heterocycles. The van der Waals surface area contributed by atoms with Crippen LogP contribution < -0.4 is 4.18 Å². The molecule has 130 valence electrons. The van der Waals surface area contributed by atoms with Crippen LogP contribution in [-0.2, 0) is 10.1 Å². The van der Waals surface area contributed by atoms with Crippen molar-refractivity contribution in [1.29, 1.82) is 0 Å². The van der Waals surface area contributed by atoms with Gasteiger partial charge in [-0.15, -0.1) is 0 Å². The smallest absolute Gasteiger partial charge is 0.339 e. The monoisotopic (exact) mass is 368 g/mol. The maximum Gasteiger partial charge on any atom is 0.339 e. The van der Waals surface area contributed by atoms with Gasteiger partial charge in [0.2, 0.25) is 34.8 Å². The van der Waals surface area contributed by atoms with Crippen LogP contribution >= 0.6 is 0 Å². The molecule has 0 aliphatic heterocycles. The number of hydrogen-bond acceptors (Lipinski definition) is 4. The van der Waals surface area contributed by atoms with Crippen molar-refractivity contribution in [3.05, 3.63) is 58.9 Å². The van der Waals surface area contributed by atoms with Crippen molar-refractivity contribution < 1.29 is 39.7 Å². The lowest BCUT2D eigenvalue weighted by molar-refractivity contribution is 0.199. The number of aliphatic hydroxyl groups is 1. The maximum absolute atomic E-state index is 13.5. The number of halogens is 5. The van der Waals surface area contributed by atoms with Gasteiger partial charge in [0.25, 0.3) is 0 Å². The zero-order chi connectivity index (χ0) is 18.2. The molecule has 0 aliphatic rings. The summed E-state index contributed by atoms with van der Waals surface area (Å²) in [5.74, 6) is -13.8. The topological polar surface area (TPSA) is 63.6 Å². The highest BCUT2D eigenvalue weighted by molar-refractivity contribution is 7.87. The molecule has 0 saturated carbocycles. The standard InChI is InChI=1S/C14H9F5O4S/c1-6(20)7-2-4-8(5-3-7)24(21,22)23-14-12(18)10(16)9(15)11(17)13(14)19/h2-6,20H,1H3. The number of benzene rings is 2. The predicted molar refractivity (Wildman–Crippen MR) is 71.1 cm³/mol. The Hall–Kier alpha value is -2.20. The van der Waals surface area contributed by atoms with Crippen molar-refractivity contribution >= 4 is 10.1 Å². The van der Waals surface area contributed by atoms with Gasteiger partial charge in [0, 0.05) is 0 Å². The van der Waals surface area contributed by atoms with Gasteiger partial charge in [0.1, 0.15) is 4.90 Å². The third-order valence-corrected chi connectivity index (χ3v) is 4.25. The molecule has 1 N–H and O–H groups in total. The van der Waals surface area contributed by atoms with Gasteiger partial charge in [0.15, 0.2) is 0 Å². The summed E-state index contributed by atoms with van der Waals surface area (Å²) in [4.78, 5) is -0.601. The lowest BCUT2D eigenvalue weighted by atomic mass is 10.1. The van der Waals surface area contributed by atoms with E-state index in [0.29, 0.717) is 5.56 Å². The Morgan fingerprint density at radius 3 is 1.71 bits per heavy atom. The van der Waals surface area contributed by atoms with Crippen LogP contribution in [0.1, 0.15) is 18.6 Å². The Labute approximate surface area is 133 Å². The minimum Gasteiger partial charge on any atom is -0.389 e. The molecule has 0 spiro atoms. The van der Waals surface area contributed by atoms with E-state index in [1.165, 1.54) is 19.1 Å². The van der Waals surface area contributed by atoms with Crippen molar-refractivity contribution in [1.82, 2.24) is 0 Å². The van der Waals surface area contributed by atoms with Gasteiger partial charge in [-0.05, 0) is 24.6 Å². The van der Waals surface area contributed by atoms with Gasteiger partial charge in [-0.25, -0.2) is 13.2 Å². The first-order chi connectivity index (χ1) is 11.1. The van der Waals surface area contributed by atoms with E-state index in [1.54, 1.807) is 0 Å². The lowest BCUT2D eigenvalue weighted by Crippen LogP contribution is -2.14. The van der Waals surface area contributed by atoms with Crippen LogP contribution in [0.25, 0.3) is 0 Å². The van der Waals surface area contributed by atoms with Crippen molar-refractivity contribution in [2.75, 3.05) is 0 Å². The average Bonchev–Trinajstić information content (AvgIpc) is 2.55. The summed E-state index contributed by atoms with van der Waals surface area (Å²) in [5.41, 5.74) is 0.338.